The lowest BCUT2D eigenvalue weighted by Crippen LogP contribution is -2.24. The normalized spacial score (nSPS) is 9.64. The van der Waals surface area contributed by atoms with E-state index in [2.05, 4.69) is 35.1 Å². The van der Waals surface area contributed by atoms with Crippen LogP contribution in [0.25, 0.3) is 0 Å². The van der Waals surface area contributed by atoms with Crippen molar-refractivity contribution in [1.82, 2.24) is 15.0 Å². The van der Waals surface area contributed by atoms with Crippen molar-refractivity contribution in [3.63, 3.8) is 0 Å². The smallest absolute Gasteiger partial charge is 0.228 e. The fourth-order valence-corrected chi connectivity index (χ4v) is 0.868. The topological polar surface area (TPSA) is 41.9 Å². The van der Waals surface area contributed by atoms with E-state index in [1.807, 2.05) is 4.90 Å². The minimum absolute atomic E-state index is 0.699. The van der Waals surface area contributed by atoms with E-state index in [1.165, 1.54) is 6.33 Å². The van der Waals surface area contributed by atoms with E-state index in [-0.39, 0.29) is 0 Å². The summed E-state index contributed by atoms with van der Waals surface area (Å²) < 4.78 is 0. The number of rotatable bonds is 3. The van der Waals surface area contributed by atoms with Crippen molar-refractivity contribution in [2.45, 2.75) is 13.8 Å². The van der Waals surface area contributed by atoms with E-state index in [1.54, 1.807) is 0 Å². The average Bonchev–Trinajstić information content (AvgIpc) is 2.09. The quantitative estimate of drug-likeness (QED) is 0.631. The van der Waals surface area contributed by atoms with Gasteiger partial charge in [0.15, 0.2) is 0 Å². The van der Waals surface area contributed by atoms with Crippen molar-refractivity contribution in [1.29, 1.82) is 0 Å². The SMILES string of the molecule is CCN(CC)c1n[c]ncn1. The summed E-state index contributed by atoms with van der Waals surface area (Å²) in [5.41, 5.74) is 0. The van der Waals surface area contributed by atoms with Gasteiger partial charge in [0.25, 0.3) is 0 Å². The highest BCUT2D eigenvalue weighted by atomic mass is 15.3. The first-order chi connectivity index (χ1) is 5.38. The third kappa shape index (κ3) is 1.86. The molecule has 0 N–H and O–H groups in total. The van der Waals surface area contributed by atoms with Gasteiger partial charge >= 0.3 is 0 Å². The molecule has 1 aromatic rings. The van der Waals surface area contributed by atoms with Crippen LogP contribution in [0.2, 0.25) is 0 Å². The van der Waals surface area contributed by atoms with E-state index in [0.717, 1.165) is 13.1 Å². The predicted molar refractivity (Wildman–Crippen MR) is 42.2 cm³/mol. The highest BCUT2D eigenvalue weighted by Crippen LogP contribution is 2.01. The van der Waals surface area contributed by atoms with Crippen molar-refractivity contribution < 1.29 is 0 Å². The highest BCUT2D eigenvalue weighted by Gasteiger charge is 2.01. The molecule has 0 spiro atoms. The van der Waals surface area contributed by atoms with Gasteiger partial charge in [0.05, 0.1) is 0 Å². The van der Waals surface area contributed by atoms with Gasteiger partial charge in [0.2, 0.25) is 12.3 Å². The molecule has 1 rings (SSSR count). The van der Waals surface area contributed by atoms with Crippen molar-refractivity contribution in [2.75, 3.05) is 18.0 Å². The van der Waals surface area contributed by atoms with Crippen LogP contribution in [-0.2, 0) is 0 Å². The molecule has 0 unspecified atom stereocenters. The van der Waals surface area contributed by atoms with Crippen LogP contribution in [0.4, 0.5) is 5.95 Å². The Labute approximate surface area is 66.3 Å². The van der Waals surface area contributed by atoms with Gasteiger partial charge in [-0.25, -0.2) is 9.97 Å². The zero-order valence-corrected chi connectivity index (χ0v) is 6.78. The summed E-state index contributed by atoms with van der Waals surface area (Å²) >= 11 is 0. The van der Waals surface area contributed by atoms with Crippen molar-refractivity contribution in [3.05, 3.63) is 12.7 Å². The molecule has 1 radical (unpaired) electrons. The molecule has 59 valence electrons. The number of anilines is 1. The third-order valence-electron chi connectivity index (χ3n) is 1.48. The average molecular weight is 151 g/mol. The molecule has 0 bridgehead atoms. The Morgan fingerprint density at radius 2 is 2.18 bits per heavy atom. The number of hydrogen-bond acceptors (Lipinski definition) is 4. The molecule has 0 aromatic carbocycles. The fraction of sp³-hybridized carbons (Fsp3) is 0.571. The summed E-state index contributed by atoms with van der Waals surface area (Å²) in [5, 5.41) is 0. The van der Waals surface area contributed by atoms with Gasteiger partial charge in [0.1, 0.15) is 6.33 Å². The fourth-order valence-electron chi connectivity index (χ4n) is 0.868. The molecule has 11 heavy (non-hydrogen) atoms. The summed E-state index contributed by atoms with van der Waals surface area (Å²) in [6.07, 6.45) is 3.96. The van der Waals surface area contributed by atoms with Gasteiger partial charge in [-0.1, -0.05) is 0 Å². The van der Waals surface area contributed by atoms with E-state index in [9.17, 15) is 0 Å². The maximum absolute atomic E-state index is 3.99. The second-order valence-electron chi connectivity index (χ2n) is 2.06. The lowest BCUT2D eigenvalue weighted by Gasteiger charge is -2.16. The van der Waals surface area contributed by atoms with Crippen molar-refractivity contribution in [2.24, 2.45) is 0 Å². The maximum Gasteiger partial charge on any atom is 0.228 e. The molecule has 0 saturated carbocycles. The van der Waals surface area contributed by atoms with Crippen LogP contribution in [0, 0.1) is 6.33 Å². The third-order valence-corrected chi connectivity index (χ3v) is 1.48. The summed E-state index contributed by atoms with van der Waals surface area (Å²) in [6.45, 7) is 5.95. The van der Waals surface area contributed by atoms with E-state index >= 15 is 0 Å². The van der Waals surface area contributed by atoms with Crippen molar-refractivity contribution in [3.8, 4) is 0 Å². The van der Waals surface area contributed by atoms with Gasteiger partial charge in [-0.05, 0) is 13.8 Å². The first-order valence-electron chi connectivity index (χ1n) is 3.68. The molecule has 0 fully saturated rings. The second-order valence-corrected chi connectivity index (χ2v) is 2.06. The Balaban J connectivity index is 2.74. The predicted octanol–water partition coefficient (Wildman–Crippen LogP) is 0.518. The first kappa shape index (κ1) is 7.91. The second kappa shape index (κ2) is 3.85. The monoisotopic (exact) mass is 151 g/mol. The minimum Gasteiger partial charge on any atom is -0.341 e. The summed E-state index contributed by atoms with van der Waals surface area (Å²) in [4.78, 5) is 13.6. The molecule has 0 aliphatic carbocycles. The Bertz CT molecular complexity index is 195. The molecule has 0 aliphatic rings. The van der Waals surface area contributed by atoms with Crippen molar-refractivity contribution >= 4 is 5.95 Å². The van der Waals surface area contributed by atoms with Crippen LogP contribution in [0.15, 0.2) is 6.33 Å². The molecule has 4 heteroatoms. The molecule has 0 atom stereocenters. The molecular formula is C7H11N4. The van der Waals surface area contributed by atoms with Gasteiger partial charge < -0.3 is 4.90 Å². The maximum atomic E-state index is 3.99. The van der Waals surface area contributed by atoms with Gasteiger partial charge in [-0.3, -0.25) is 0 Å². The molecule has 0 aliphatic heterocycles. The lowest BCUT2D eigenvalue weighted by atomic mass is 10.5. The van der Waals surface area contributed by atoms with Crippen LogP contribution in [0.1, 0.15) is 13.8 Å². The molecule has 1 aromatic heterocycles. The summed E-state index contributed by atoms with van der Waals surface area (Å²) in [5.74, 6) is 0.699. The highest BCUT2D eigenvalue weighted by molar-refractivity contribution is 5.25. The Hall–Kier alpha value is -1.19. The van der Waals surface area contributed by atoms with Gasteiger partial charge in [0, 0.05) is 13.1 Å². The largest absolute Gasteiger partial charge is 0.341 e. The van der Waals surface area contributed by atoms with Crippen LogP contribution >= 0.6 is 0 Å². The standard InChI is InChI=1S/C7H11N4/c1-3-11(4-2)7-9-5-8-6-10-7/h5H,3-4H2,1-2H3. The lowest BCUT2D eigenvalue weighted by molar-refractivity contribution is 0.809. The van der Waals surface area contributed by atoms with Crippen LogP contribution in [-0.4, -0.2) is 28.0 Å². The van der Waals surface area contributed by atoms with E-state index < -0.39 is 0 Å². The number of nitrogens with zero attached hydrogens (tertiary/aromatic N) is 4. The van der Waals surface area contributed by atoms with Crippen LogP contribution < -0.4 is 4.90 Å². The van der Waals surface area contributed by atoms with E-state index in [4.69, 9.17) is 0 Å². The van der Waals surface area contributed by atoms with Crippen LogP contribution in [0.5, 0.6) is 0 Å². The zero-order valence-electron chi connectivity index (χ0n) is 6.78. The molecule has 0 saturated heterocycles. The number of aromatic nitrogens is 3. The Morgan fingerprint density at radius 1 is 1.45 bits per heavy atom. The van der Waals surface area contributed by atoms with E-state index in [0.29, 0.717) is 5.95 Å². The molecule has 1 heterocycles. The van der Waals surface area contributed by atoms with Crippen LogP contribution in [0.3, 0.4) is 0 Å². The molecular weight excluding hydrogens is 140 g/mol. The first-order valence-corrected chi connectivity index (χ1v) is 3.68. The Morgan fingerprint density at radius 3 is 2.64 bits per heavy atom. The van der Waals surface area contributed by atoms with Gasteiger partial charge in [-0.2, -0.15) is 4.98 Å². The van der Waals surface area contributed by atoms with Gasteiger partial charge in [-0.15, -0.1) is 0 Å². The Kier molecular flexibility index (Phi) is 2.77. The molecule has 4 nitrogen and oxygen atoms in total. The summed E-state index contributed by atoms with van der Waals surface area (Å²) in [7, 11) is 0. The summed E-state index contributed by atoms with van der Waals surface area (Å²) in [6, 6.07) is 0. The molecule has 0 amide bonds. The number of hydrogen-bond donors (Lipinski definition) is 0. The zero-order chi connectivity index (χ0) is 8.10. The minimum atomic E-state index is 0.699.